The average Bonchev–Trinajstić information content (AvgIpc) is 3.56. The summed E-state index contributed by atoms with van der Waals surface area (Å²) in [5.41, 5.74) is 8.23. The molecule has 7 nitrogen and oxygen atoms in total. The third kappa shape index (κ3) is 5.83. The highest BCUT2D eigenvalue weighted by Gasteiger charge is 2.16. The highest BCUT2D eigenvalue weighted by molar-refractivity contribution is 5.88. The standard InChI is InChI=1S/C25H25N7.C3H8.C2H6/c1-16-13-17(14-22-23(16)30-25(29-22)20-5-3-4-8-26-20)24-27-19-7-6-18(15-21(19)28-24)32-11-9-31(2)10-12-32;1-3-2;1-2/h3-8,13-15H,9-12H2,1-2H3,(H,27,28)(H,29,30);3H2,1-2H3;1-2H3. The summed E-state index contributed by atoms with van der Waals surface area (Å²) in [7, 11) is 2.18. The summed E-state index contributed by atoms with van der Waals surface area (Å²) in [6.45, 7) is 14.6. The molecule has 0 atom stereocenters. The van der Waals surface area contributed by atoms with Crippen molar-refractivity contribution in [2.75, 3.05) is 38.1 Å². The van der Waals surface area contributed by atoms with Gasteiger partial charge in [-0.3, -0.25) is 4.98 Å². The van der Waals surface area contributed by atoms with Crippen molar-refractivity contribution in [1.82, 2.24) is 29.8 Å². The first-order valence-electron chi connectivity index (χ1n) is 13.4. The maximum Gasteiger partial charge on any atom is 0.157 e. The summed E-state index contributed by atoms with van der Waals surface area (Å²) in [4.78, 5) is 25.8. The van der Waals surface area contributed by atoms with Crippen LogP contribution < -0.4 is 4.90 Å². The number of likely N-dealkylation sites (N-methyl/N-ethyl adjacent to an activating group) is 1. The van der Waals surface area contributed by atoms with Crippen molar-refractivity contribution in [2.24, 2.45) is 0 Å². The van der Waals surface area contributed by atoms with Crippen molar-refractivity contribution in [3.8, 4) is 22.9 Å². The van der Waals surface area contributed by atoms with Gasteiger partial charge in [0, 0.05) is 43.6 Å². The summed E-state index contributed by atoms with van der Waals surface area (Å²) in [5, 5.41) is 0. The monoisotopic (exact) mass is 497 g/mol. The summed E-state index contributed by atoms with van der Waals surface area (Å²) < 4.78 is 0. The Kier molecular flexibility index (Phi) is 8.56. The van der Waals surface area contributed by atoms with E-state index in [1.807, 2.05) is 32.0 Å². The molecule has 7 heteroatoms. The number of rotatable bonds is 3. The highest BCUT2D eigenvalue weighted by atomic mass is 15.2. The first-order chi connectivity index (χ1) is 18.1. The summed E-state index contributed by atoms with van der Waals surface area (Å²) in [6.07, 6.45) is 3.03. The zero-order valence-corrected chi connectivity index (χ0v) is 23.0. The molecular weight excluding hydrogens is 458 g/mol. The maximum atomic E-state index is 4.87. The molecule has 37 heavy (non-hydrogen) atoms. The van der Waals surface area contributed by atoms with E-state index in [9.17, 15) is 0 Å². The lowest BCUT2D eigenvalue weighted by Crippen LogP contribution is -2.44. The Labute approximate surface area is 220 Å². The number of fused-ring (bicyclic) bond motifs is 2. The second kappa shape index (κ2) is 12.0. The quantitative estimate of drug-likeness (QED) is 0.291. The van der Waals surface area contributed by atoms with E-state index in [1.54, 1.807) is 6.20 Å². The minimum absolute atomic E-state index is 0.780. The molecular formula is C30H39N7. The van der Waals surface area contributed by atoms with Crippen molar-refractivity contribution in [1.29, 1.82) is 0 Å². The Morgan fingerprint density at radius 1 is 0.838 bits per heavy atom. The van der Waals surface area contributed by atoms with Gasteiger partial charge in [0.25, 0.3) is 0 Å². The van der Waals surface area contributed by atoms with Gasteiger partial charge in [0.05, 0.1) is 22.1 Å². The number of anilines is 1. The Morgan fingerprint density at radius 2 is 1.57 bits per heavy atom. The van der Waals surface area contributed by atoms with Gasteiger partial charge in [-0.05, 0) is 62.0 Å². The van der Waals surface area contributed by atoms with Crippen molar-refractivity contribution in [3.05, 3.63) is 60.3 Å². The fraction of sp³-hybridized carbons (Fsp3) is 0.367. The van der Waals surface area contributed by atoms with E-state index >= 15 is 0 Å². The number of H-pyrrole nitrogens is 2. The maximum absolute atomic E-state index is 4.87. The number of nitrogens with zero attached hydrogens (tertiary/aromatic N) is 5. The number of nitrogens with one attached hydrogen (secondary N) is 2. The Hall–Kier alpha value is -3.71. The number of benzene rings is 2. The van der Waals surface area contributed by atoms with E-state index in [-0.39, 0.29) is 0 Å². The van der Waals surface area contributed by atoms with Crippen molar-refractivity contribution in [2.45, 2.75) is 41.0 Å². The second-order valence-electron chi connectivity index (χ2n) is 9.27. The van der Waals surface area contributed by atoms with Gasteiger partial charge in [-0.15, -0.1) is 0 Å². The van der Waals surface area contributed by atoms with Crippen LogP contribution in [0.3, 0.4) is 0 Å². The number of aryl methyl sites for hydroxylation is 1. The minimum atomic E-state index is 0.780. The lowest BCUT2D eigenvalue weighted by molar-refractivity contribution is 0.313. The third-order valence-corrected chi connectivity index (χ3v) is 6.29. The molecule has 194 valence electrons. The summed E-state index contributed by atoms with van der Waals surface area (Å²) >= 11 is 0. The molecule has 5 aromatic rings. The Balaban J connectivity index is 0.000000599. The van der Waals surface area contributed by atoms with Crippen LogP contribution in [0.4, 0.5) is 5.69 Å². The number of imidazole rings is 2. The topological polar surface area (TPSA) is 76.7 Å². The Morgan fingerprint density at radius 3 is 2.27 bits per heavy atom. The summed E-state index contributed by atoms with van der Waals surface area (Å²) in [5.74, 6) is 1.65. The third-order valence-electron chi connectivity index (χ3n) is 6.29. The van der Waals surface area contributed by atoms with Crippen LogP contribution in [0.5, 0.6) is 0 Å². The SMILES string of the molecule is CC.CCC.Cc1cc(-c2nc3ccc(N4CCN(C)CC4)cc3[nH]2)cc2[nH]c(-c3ccccn3)nc12. The van der Waals surface area contributed by atoms with Crippen LogP contribution in [0.1, 0.15) is 39.7 Å². The molecule has 2 N–H and O–H groups in total. The molecule has 3 aromatic heterocycles. The van der Waals surface area contributed by atoms with Gasteiger partial charge < -0.3 is 19.8 Å². The predicted octanol–water partition coefficient (Wildman–Crippen LogP) is 6.67. The van der Waals surface area contributed by atoms with E-state index in [2.05, 4.69) is 82.9 Å². The van der Waals surface area contributed by atoms with Crippen LogP contribution in [0.15, 0.2) is 54.7 Å². The molecule has 1 fully saturated rings. The fourth-order valence-electron chi connectivity index (χ4n) is 4.45. The highest BCUT2D eigenvalue weighted by Crippen LogP contribution is 2.29. The van der Waals surface area contributed by atoms with Crippen LogP contribution in [-0.4, -0.2) is 63.0 Å². The van der Waals surface area contributed by atoms with Crippen molar-refractivity contribution >= 4 is 27.8 Å². The molecule has 0 saturated carbocycles. The smallest absolute Gasteiger partial charge is 0.157 e. The molecule has 2 aromatic carbocycles. The van der Waals surface area contributed by atoms with E-state index in [0.29, 0.717) is 0 Å². The number of aromatic amines is 2. The predicted molar refractivity (Wildman–Crippen MR) is 156 cm³/mol. The Bertz CT molecular complexity index is 1430. The molecule has 0 bridgehead atoms. The number of aromatic nitrogens is 5. The lowest BCUT2D eigenvalue weighted by Gasteiger charge is -2.34. The van der Waals surface area contributed by atoms with Gasteiger partial charge in [0.2, 0.25) is 0 Å². The molecule has 1 aliphatic rings. The van der Waals surface area contributed by atoms with Crippen molar-refractivity contribution < 1.29 is 0 Å². The van der Waals surface area contributed by atoms with Gasteiger partial charge in [0.1, 0.15) is 11.5 Å². The molecule has 0 unspecified atom stereocenters. The van der Waals surface area contributed by atoms with Crippen LogP contribution >= 0.6 is 0 Å². The van der Waals surface area contributed by atoms with E-state index in [0.717, 1.165) is 76.7 Å². The molecule has 0 amide bonds. The molecule has 0 spiro atoms. The van der Waals surface area contributed by atoms with Gasteiger partial charge in [-0.1, -0.05) is 40.2 Å². The molecule has 4 heterocycles. The van der Waals surface area contributed by atoms with E-state index < -0.39 is 0 Å². The van der Waals surface area contributed by atoms with E-state index in [1.165, 1.54) is 12.1 Å². The van der Waals surface area contributed by atoms with Gasteiger partial charge >= 0.3 is 0 Å². The first kappa shape index (κ1) is 26.4. The molecule has 0 aliphatic carbocycles. The average molecular weight is 498 g/mol. The largest absolute Gasteiger partial charge is 0.369 e. The first-order valence-corrected chi connectivity index (χ1v) is 13.4. The molecule has 1 aliphatic heterocycles. The van der Waals surface area contributed by atoms with Crippen LogP contribution in [-0.2, 0) is 0 Å². The van der Waals surface area contributed by atoms with Crippen molar-refractivity contribution in [3.63, 3.8) is 0 Å². The van der Waals surface area contributed by atoms with Gasteiger partial charge in [-0.2, -0.15) is 0 Å². The number of hydrogen-bond acceptors (Lipinski definition) is 5. The van der Waals surface area contributed by atoms with Gasteiger partial charge in [-0.25, -0.2) is 9.97 Å². The normalized spacial score (nSPS) is 13.7. The van der Waals surface area contributed by atoms with Crippen LogP contribution in [0, 0.1) is 6.92 Å². The zero-order valence-electron chi connectivity index (χ0n) is 23.0. The summed E-state index contributed by atoms with van der Waals surface area (Å²) in [6, 6.07) is 16.6. The fourth-order valence-corrected chi connectivity index (χ4v) is 4.45. The second-order valence-corrected chi connectivity index (χ2v) is 9.27. The number of pyridine rings is 1. The van der Waals surface area contributed by atoms with E-state index in [4.69, 9.17) is 9.97 Å². The van der Waals surface area contributed by atoms with Crippen LogP contribution in [0.25, 0.3) is 45.0 Å². The zero-order chi connectivity index (χ0) is 26.4. The lowest BCUT2D eigenvalue weighted by atomic mass is 10.1. The number of hydrogen-bond donors (Lipinski definition) is 2. The van der Waals surface area contributed by atoms with Gasteiger partial charge in [0.15, 0.2) is 5.82 Å². The number of piperazine rings is 1. The minimum Gasteiger partial charge on any atom is -0.369 e. The van der Waals surface area contributed by atoms with Crippen LogP contribution in [0.2, 0.25) is 0 Å². The molecule has 6 rings (SSSR count). The molecule has 0 radical (unpaired) electrons. The molecule has 1 saturated heterocycles.